The maximum absolute atomic E-state index is 8.74. The van der Waals surface area contributed by atoms with E-state index in [2.05, 4.69) is 24.8 Å². The first-order chi connectivity index (χ1) is 6.77. The Morgan fingerprint density at radius 3 is 2.93 bits per heavy atom. The molecule has 0 aliphatic heterocycles. The molecule has 0 aromatic heterocycles. The van der Waals surface area contributed by atoms with E-state index >= 15 is 0 Å². The summed E-state index contributed by atoms with van der Waals surface area (Å²) in [6.07, 6.45) is 5.09. The number of benzene rings is 1. The summed E-state index contributed by atoms with van der Waals surface area (Å²) in [6.45, 7) is 2.04. The van der Waals surface area contributed by atoms with Crippen LogP contribution >= 0.6 is 12.6 Å². The zero-order chi connectivity index (χ0) is 10.4. The molecule has 1 aromatic carbocycles. The lowest BCUT2D eigenvalue weighted by Crippen LogP contribution is -1.82. The Morgan fingerprint density at radius 2 is 2.29 bits per heavy atom. The van der Waals surface area contributed by atoms with Crippen molar-refractivity contribution in [1.29, 1.82) is 5.26 Å². The van der Waals surface area contributed by atoms with Gasteiger partial charge in [0, 0.05) is 0 Å². The monoisotopic (exact) mass is 203 g/mol. The summed E-state index contributed by atoms with van der Waals surface area (Å²) in [7, 11) is 0. The summed E-state index contributed by atoms with van der Waals surface area (Å²) in [6, 6.07) is 7.85. The Bertz CT molecular complexity index is 374. The smallest absolute Gasteiger partial charge is 0.0991 e. The van der Waals surface area contributed by atoms with Gasteiger partial charge in [0.25, 0.3) is 0 Å². The molecule has 2 heteroatoms. The normalized spacial score (nSPS) is 10.4. The number of allylic oxidation sites excluding steroid dienone is 1. The number of aryl methyl sites for hydroxylation is 1. The van der Waals surface area contributed by atoms with E-state index in [1.807, 2.05) is 31.2 Å². The highest BCUT2D eigenvalue weighted by molar-refractivity contribution is 7.80. The van der Waals surface area contributed by atoms with Gasteiger partial charge in [-0.05, 0) is 42.4 Å². The molecule has 0 saturated carbocycles. The minimum Gasteiger partial charge on any atom is -0.192 e. The van der Waals surface area contributed by atoms with Crippen LogP contribution in [0.25, 0.3) is 6.08 Å². The molecule has 0 aliphatic rings. The maximum atomic E-state index is 8.74. The van der Waals surface area contributed by atoms with Crippen LogP contribution in [0.3, 0.4) is 0 Å². The van der Waals surface area contributed by atoms with Crippen LogP contribution in [0.15, 0.2) is 24.3 Å². The predicted molar refractivity (Wildman–Crippen MR) is 63.4 cm³/mol. The second-order valence-electron chi connectivity index (χ2n) is 3.10. The molecule has 0 fully saturated rings. The molecule has 0 heterocycles. The van der Waals surface area contributed by atoms with Gasteiger partial charge in [-0.1, -0.05) is 18.2 Å². The van der Waals surface area contributed by atoms with Crippen LogP contribution in [0.5, 0.6) is 0 Å². The van der Waals surface area contributed by atoms with Crippen molar-refractivity contribution in [3.05, 3.63) is 41.0 Å². The van der Waals surface area contributed by atoms with Crippen LogP contribution in [0.2, 0.25) is 0 Å². The summed E-state index contributed by atoms with van der Waals surface area (Å²) in [5.41, 5.74) is 3.02. The van der Waals surface area contributed by atoms with Crippen molar-refractivity contribution in [2.24, 2.45) is 0 Å². The van der Waals surface area contributed by atoms with Crippen LogP contribution in [0.1, 0.15) is 23.1 Å². The molecule has 0 aliphatic carbocycles. The Hall–Kier alpha value is -1.20. The fourth-order valence-electron chi connectivity index (χ4n) is 1.17. The van der Waals surface area contributed by atoms with Crippen LogP contribution in [0.4, 0.5) is 0 Å². The number of nitrogens with zero attached hydrogens (tertiary/aromatic N) is 1. The van der Waals surface area contributed by atoms with Crippen molar-refractivity contribution in [2.75, 3.05) is 5.75 Å². The van der Waals surface area contributed by atoms with Crippen molar-refractivity contribution in [1.82, 2.24) is 0 Å². The van der Waals surface area contributed by atoms with Gasteiger partial charge in [-0.15, -0.1) is 0 Å². The maximum Gasteiger partial charge on any atom is 0.0991 e. The van der Waals surface area contributed by atoms with Crippen molar-refractivity contribution < 1.29 is 0 Å². The van der Waals surface area contributed by atoms with Gasteiger partial charge in [-0.2, -0.15) is 17.9 Å². The Kier molecular flexibility index (Phi) is 4.28. The first kappa shape index (κ1) is 10.9. The zero-order valence-electron chi connectivity index (χ0n) is 8.20. The van der Waals surface area contributed by atoms with E-state index in [1.165, 1.54) is 5.56 Å². The molecule has 14 heavy (non-hydrogen) atoms. The van der Waals surface area contributed by atoms with Crippen LogP contribution in [-0.4, -0.2) is 5.75 Å². The molecule has 0 spiro atoms. The molecule has 0 unspecified atom stereocenters. The molecular weight excluding hydrogens is 190 g/mol. The van der Waals surface area contributed by atoms with Gasteiger partial charge in [0.05, 0.1) is 11.6 Å². The highest BCUT2D eigenvalue weighted by atomic mass is 32.1. The topological polar surface area (TPSA) is 23.8 Å². The summed E-state index contributed by atoms with van der Waals surface area (Å²) in [5.74, 6) is 0.855. The van der Waals surface area contributed by atoms with Gasteiger partial charge in [0.1, 0.15) is 0 Å². The minimum absolute atomic E-state index is 0.709. The fourth-order valence-corrected chi connectivity index (χ4v) is 1.32. The molecular formula is C12H13NS. The summed E-state index contributed by atoms with van der Waals surface area (Å²) in [4.78, 5) is 0. The highest BCUT2D eigenvalue weighted by Crippen LogP contribution is 2.12. The third kappa shape index (κ3) is 2.93. The number of hydrogen-bond donors (Lipinski definition) is 1. The molecule has 0 saturated heterocycles. The van der Waals surface area contributed by atoms with E-state index in [0.29, 0.717) is 5.56 Å². The average molecular weight is 203 g/mol. The first-order valence-electron chi connectivity index (χ1n) is 4.56. The second kappa shape index (κ2) is 5.51. The van der Waals surface area contributed by atoms with Gasteiger partial charge in [-0.3, -0.25) is 0 Å². The number of thiol groups is 1. The van der Waals surface area contributed by atoms with Crippen molar-refractivity contribution in [3.8, 4) is 6.07 Å². The van der Waals surface area contributed by atoms with Crippen LogP contribution < -0.4 is 0 Å². The van der Waals surface area contributed by atoms with Crippen molar-refractivity contribution in [2.45, 2.75) is 13.3 Å². The van der Waals surface area contributed by atoms with Gasteiger partial charge >= 0.3 is 0 Å². The number of rotatable bonds is 3. The average Bonchev–Trinajstić information content (AvgIpc) is 2.21. The quantitative estimate of drug-likeness (QED) is 0.749. The molecule has 0 atom stereocenters. The fraction of sp³-hybridized carbons (Fsp3) is 0.250. The van der Waals surface area contributed by atoms with Crippen molar-refractivity contribution >= 4 is 18.7 Å². The lowest BCUT2D eigenvalue weighted by molar-refractivity contribution is 1.26. The van der Waals surface area contributed by atoms with Crippen LogP contribution in [-0.2, 0) is 0 Å². The van der Waals surface area contributed by atoms with E-state index in [4.69, 9.17) is 5.26 Å². The van der Waals surface area contributed by atoms with E-state index in [1.54, 1.807) is 0 Å². The third-order valence-corrected chi connectivity index (χ3v) is 2.26. The molecule has 0 amide bonds. The van der Waals surface area contributed by atoms with Crippen molar-refractivity contribution in [3.63, 3.8) is 0 Å². The standard InChI is InChI=1S/C12H13NS/c1-10-5-6-11(9-13)8-12(10)4-2-3-7-14/h2,4-6,8,14H,3,7H2,1H3. The second-order valence-corrected chi connectivity index (χ2v) is 3.55. The van der Waals surface area contributed by atoms with E-state index in [9.17, 15) is 0 Å². The Morgan fingerprint density at radius 1 is 1.50 bits per heavy atom. The largest absolute Gasteiger partial charge is 0.192 e. The van der Waals surface area contributed by atoms with Gasteiger partial charge in [-0.25, -0.2) is 0 Å². The van der Waals surface area contributed by atoms with E-state index in [-0.39, 0.29) is 0 Å². The van der Waals surface area contributed by atoms with E-state index < -0.39 is 0 Å². The zero-order valence-corrected chi connectivity index (χ0v) is 9.09. The Labute approximate surface area is 90.5 Å². The first-order valence-corrected chi connectivity index (χ1v) is 5.19. The summed E-state index contributed by atoms with van der Waals surface area (Å²) in [5, 5.41) is 8.74. The summed E-state index contributed by atoms with van der Waals surface area (Å²) >= 11 is 4.13. The van der Waals surface area contributed by atoms with Gasteiger partial charge in [0.2, 0.25) is 0 Å². The molecule has 1 rings (SSSR count). The molecule has 1 nitrogen and oxygen atoms in total. The summed E-state index contributed by atoms with van der Waals surface area (Å²) < 4.78 is 0. The number of nitriles is 1. The molecule has 1 aromatic rings. The molecule has 0 radical (unpaired) electrons. The van der Waals surface area contributed by atoms with Gasteiger partial charge < -0.3 is 0 Å². The minimum atomic E-state index is 0.709. The molecule has 0 bridgehead atoms. The predicted octanol–water partition coefficient (Wildman–Crippen LogP) is 3.20. The molecule has 0 N–H and O–H groups in total. The molecule has 72 valence electrons. The number of hydrogen-bond acceptors (Lipinski definition) is 2. The van der Waals surface area contributed by atoms with Gasteiger partial charge in [0.15, 0.2) is 0 Å². The lowest BCUT2D eigenvalue weighted by Gasteiger charge is -1.99. The third-order valence-electron chi connectivity index (χ3n) is 2.00. The SMILES string of the molecule is Cc1ccc(C#N)cc1C=CCCS. The van der Waals surface area contributed by atoms with E-state index in [0.717, 1.165) is 17.7 Å². The van der Waals surface area contributed by atoms with Crippen LogP contribution in [0, 0.1) is 18.3 Å². The highest BCUT2D eigenvalue weighted by Gasteiger charge is 1.95. The lowest BCUT2D eigenvalue weighted by atomic mass is 10.1. The Balaban J connectivity index is 2.90.